The summed E-state index contributed by atoms with van der Waals surface area (Å²) in [5.41, 5.74) is 9.62. The number of halogens is 1. The highest BCUT2D eigenvalue weighted by Gasteiger charge is 2.61. The minimum atomic E-state index is -3.42. The summed E-state index contributed by atoms with van der Waals surface area (Å²) in [6, 6.07) is 28.7. The predicted molar refractivity (Wildman–Crippen MR) is 160 cm³/mol. The molecule has 0 aromatic heterocycles. The van der Waals surface area contributed by atoms with Crippen LogP contribution < -0.4 is 20.4 Å². The zero-order valence-corrected chi connectivity index (χ0v) is 23.7. The van der Waals surface area contributed by atoms with Gasteiger partial charge >= 0.3 is 7.57 Å². The van der Waals surface area contributed by atoms with Crippen molar-refractivity contribution < 1.29 is 4.20 Å². The fourth-order valence-electron chi connectivity index (χ4n) is 6.41. The molecule has 37 heavy (non-hydrogen) atoms. The molecular formula is C33H37FN2P+. The molecule has 1 heterocycles. The summed E-state index contributed by atoms with van der Waals surface area (Å²) in [6.07, 6.45) is 0. The Morgan fingerprint density at radius 2 is 0.892 bits per heavy atom. The Morgan fingerprint density at radius 3 is 1.22 bits per heavy atom. The lowest BCUT2D eigenvalue weighted by molar-refractivity contribution is 0.780. The van der Waals surface area contributed by atoms with E-state index in [4.69, 9.17) is 0 Å². The first-order valence-corrected chi connectivity index (χ1v) is 14.9. The van der Waals surface area contributed by atoms with Crippen molar-refractivity contribution in [1.82, 2.24) is 0 Å². The van der Waals surface area contributed by atoms with Crippen LogP contribution in [0, 0.1) is 41.5 Å². The van der Waals surface area contributed by atoms with Gasteiger partial charge in [0, 0.05) is 24.5 Å². The second kappa shape index (κ2) is 9.95. The lowest BCUT2D eigenvalue weighted by atomic mass is 10.0. The van der Waals surface area contributed by atoms with E-state index in [1.165, 1.54) is 33.4 Å². The Labute approximate surface area is 222 Å². The van der Waals surface area contributed by atoms with Crippen molar-refractivity contribution in [2.75, 3.05) is 22.9 Å². The molecule has 4 aromatic carbocycles. The quantitative estimate of drug-likeness (QED) is 0.253. The van der Waals surface area contributed by atoms with E-state index < -0.39 is 13.5 Å². The predicted octanol–water partition coefficient (Wildman–Crippen LogP) is 7.70. The summed E-state index contributed by atoms with van der Waals surface area (Å²) >= 11 is 0. The standard InChI is InChI=1S/C33H37FN2P/c1-23-19-25(3)31(26(4)20-23)35-17-18-36(32-27(5)21-24(2)22-28(32)6)33(35)37(34,29-13-9-7-10-14-29)30-15-11-8-12-16-30/h7-16,19-22,33H,17-18H2,1-6H3/q+1. The van der Waals surface area contributed by atoms with Crippen molar-refractivity contribution in [1.29, 1.82) is 0 Å². The molecule has 1 aliphatic rings. The van der Waals surface area contributed by atoms with Crippen molar-refractivity contribution in [2.24, 2.45) is 0 Å². The minimum Gasteiger partial charge on any atom is -0.315 e. The van der Waals surface area contributed by atoms with Gasteiger partial charge < -0.3 is 9.80 Å². The molecule has 0 spiro atoms. The highest BCUT2D eigenvalue weighted by Crippen LogP contribution is 2.66. The molecule has 0 aliphatic carbocycles. The molecule has 5 rings (SSSR count). The smallest absolute Gasteiger partial charge is 0.311 e. The molecular weight excluding hydrogens is 474 g/mol. The number of hydrogen-bond donors (Lipinski definition) is 0. The molecule has 2 nitrogen and oxygen atoms in total. The van der Waals surface area contributed by atoms with Crippen LogP contribution in [-0.2, 0) is 0 Å². The molecule has 4 aromatic rings. The second-order valence-electron chi connectivity index (χ2n) is 10.5. The van der Waals surface area contributed by atoms with E-state index in [0.29, 0.717) is 0 Å². The SMILES string of the molecule is Cc1cc(C)c(N2CCN(c3c(C)cc(C)cc3C)C2[P+](F)(c2ccccc2)c2ccccc2)c(C)c1. The van der Waals surface area contributed by atoms with Crippen LogP contribution in [0.1, 0.15) is 33.4 Å². The third kappa shape index (κ3) is 4.44. The van der Waals surface area contributed by atoms with Crippen LogP contribution in [0.2, 0.25) is 0 Å². The Kier molecular flexibility index (Phi) is 6.86. The zero-order chi connectivity index (χ0) is 26.3. The van der Waals surface area contributed by atoms with E-state index in [1.807, 2.05) is 60.7 Å². The van der Waals surface area contributed by atoms with Crippen molar-refractivity contribution in [3.63, 3.8) is 0 Å². The summed E-state index contributed by atoms with van der Waals surface area (Å²) in [5.74, 6) is -0.447. The number of hydrogen-bond acceptors (Lipinski definition) is 2. The van der Waals surface area contributed by atoms with E-state index in [1.54, 1.807) is 0 Å². The fraction of sp³-hybridized carbons (Fsp3) is 0.273. The van der Waals surface area contributed by atoms with Gasteiger partial charge in [0.05, 0.1) is 0 Å². The Hall–Kier alpha value is -3.16. The van der Waals surface area contributed by atoms with Gasteiger partial charge in [-0.25, -0.2) is 0 Å². The van der Waals surface area contributed by atoms with Gasteiger partial charge in [-0.3, -0.25) is 0 Å². The highest BCUT2D eigenvalue weighted by molar-refractivity contribution is 7.85. The topological polar surface area (TPSA) is 6.48 Å². The number of benzene rings is 4. The Morgan fingerprint density at radius 1 is 0.568 bits per heavy atom. The fourth-order valence-corrected chi connectivity index (χ4v) is 9.68. The van der Waals surface area contributed by atoms with Crippen LogP contribution in [0.4, 0.5) is 15.6 Å². The maximum Gasteiger partial charge on any atom is 0.311 e. The maximum atomic E-state index is 18.5. The summed E-state index contributed by atoms with van der Waals surface area (Å²) < 4.78 is 18.5. The van der Waals surface area contributed by atoms with E-state index in [-0.39, 0.29) is 0 Å². The van der Waals surface area contributed by atoms with E-state index in [0.717, 1.165) is 35.1 Å². The number of rotatable bonds is 5. The maximum absolute atomic E-state index is 18.5. The lowest BCUT2D eigenvalue weighted by Crippen LogP contribution is -2.46. The number of aryl methyl sites for hydroxylation is 6. The first-order valence-electron chi connectivity index (χ1n) is 13.1. The van der Waals surface area contributed by atoms with Gasteiger partial charge in [0.15, 0.2) is 0 Å². The van der Waals surface area contributed by atoms with Gasteiger partial charge in [-0.2, -0.15) is 0 Å². The minimum absolute atomic E-state index is 0.447. The Balaban J connectivity index is 1.81. The molecule has 0 amide bonds. The normalized spacial score (nSPS) is 14.5. The third-order valence-corrected chi connectivity index (χ3v) is 10.9. The van der Waals surface area contributed by atoms with E-state index >= 15 is 4.20 Å². The van der Waals surface area contributed by atoms with Gasteiger partial charge in [-0.1, -0.05) is 71.8 Å². The van der Waals surface area contributed by atoms with Crippen LogP contribution in [0.25, 0.3) is 0 Å². The zero-order valence-electron chi connectivity index (χ0n) is 22.8. The second-order valence-corrected chi connectivity index (χ2v) is 13.3. The summed E-state index contributed by atoms with van der Waals surface area (Å²) in [6.45, 7) is 14.5. The Bertz CT molecular complexity index is 1270. The van der Waals surface area contributed by atoms with Crippen molar-refractivity contribution in [3.8, 4) is 0 Å². The molecule has 0 atom stereocenters. The van der Waals surface area contributed by atoms with Crippen LogP contribution in [0.5, 0.6) is 0 Å². The third-order valence-electron chi connectivity index (χ3n) is 7.57. The first-order chi connectivity index (χ1) is 17.7. The van der Waals surface area contributed by atoms with Gasteiger partial charge in [0.2, 0.25) is 0 Å². The van der Waals surface area contributed by atoms with E-state index in [2.05, 4.69) is 75.6 Å². The van der Waals surface area contributed by atoms with E-state index in [9.17, 15) is 0 Å². The highest BCUT2D eigenvalue weighted by atomic mass is 31.2. The molecule has 0 radical (unpaired) electrons. The summed E-state index contributed by atoms with van der Waals surface area (Å²) in [7, 11) is -3.42. The molecule has 1 aliphatic heterocycles. The number of nitrogens with zero attached hydrogens (tertiary/aromatic N) is 2. The first kappa shape index (κ1) is 25.5. The molecule has 1 fully saturated rings. The van der Waals surface area contributed by atoms with Gasteiger partial charge in [-0.05, 0) is 92.3 Å². The van der Waals surface area contributed by atoms with Gasteiger partial charge in [-0.15, -0.1) is 0 Å². The molecule has 0 unspecified atom stereocenters. The average molecular weight is 512 g/mol. The average Bonchev–Trinajstić information content (AvgIpc) is 3.28. The molecule has 4 heteroatoms. The molecule has 1 saturated heterocycles. The number of anilines is 2. The van der Waals surface area contributed by atoms with Gasteiger partial charge in [0.25, 0.3) is 5.91 Å². The molecule has 0 saturated carbocycles. The lowest BCUT2D eigenvalue weighted by Gasteiger charge is -2.38. The molecule has 0 bridgehead atoms. The van der Waals surface area contributed by atoms with Crippen molar-refractivity contribution in [2.45, 2.75) is 47.4 Å². The molecule has 190 valence electrons. The largest absolute Gasteiger partial charge is 0.315 e. The summed E-state index contributed by atoms with van der Waals surface area (Å²) in [5, 5.41) is 1.57. The van der Waals surface area contributed by atoms with Crippen LogP contribution in [0.3, 0.4) is 0 Å². The monoisotopic (exact) mass is 511 g/mol. The van der Waals surface area contributed by atoms with Gasteiger partial charge in [0.1, 0.15) is 10.6 Å². The van der Waals surface area contributed by atoms with Crippen molar-refractivity contribution >= 4 is 29.6 Å². The van der Waals surface area contributed by atoms with Crippen molar-refractivity contribution in [3.05, 3.63) is 118 Å². The van der Waals surface area contributed by atoms with Crippen LogP contribution in [0.15, 0.2) is 84.9 Å². The van der Waals surface area contributed by atoms with Crippen LogP contribution in [-0.4, -0.2) is 19.0 Å². The molecule has 0 N–H and O–H groups in total. The van der Waals surface area contributed by atoms with Crippen LogP contribution >= 0.6 is 7.57 Å². The summed E-state index contributed by atoms with van der Waals surface area (Å²) in [4.78, 5) is 4.74.